The second-order valence-electron chi connectivity index (χ2n) is 8.55. The lowest BCUT2D eigenvalue weighted by molar-refractivity contribution is -0.118. The highest BCUT2D eigenvalue weighted by atomic mass is 16.1. The first-order valence-electron chi connectivity index (χ1n) is 9.78. The molecule has 0 unspecified atom stereocenters. The van der Waals surface area contributed by atoms with Crippen molar-refractivity contribution in [2.24, 2.45) is 5.41 Å². The molecule has 2 N–H and O–H groups in total. The van der Waals surface area contributed by atoms with Gasteiger partial charge in [-0.2, -0.15) is 0 Å². The van der Waals surface area contributed by atoms with Crippen molar-refractivity contribution >= 4 is 11.6 Å². The Hall–Kier alpha value is -3.41. The number of allylic oxidation sites excluding steroid dienone is 2. The van der Waals surface area contributed by atoms with Crippen molar-refractivity contribution in [3.05, 3.63) is 87.6 Å². The van der Waals surface area contributed by atoms with Gasteiger partial charge in [0.2, 0.25) is 0 Å². The predicted octanol–water partition coefficient (Wildman–Crippen LogP) is 3.76. The number of Topliss-reactive ketones (excluding diaryl/α,β-unsaturated/α-hetero) is 1. The van der Waals surface area contributed by atoms with Crippen LogP contribution in [0.3, 0.4) is 0 Å². The first-order chi connectivity index (χ1) is 13.9. The molecule has 0 saturated heterocycles. The van der Waals surface area contributed by atoms with Crippen LogP contribution in [-0.4, -0.2) is 20.5 Å². The van der Waals surface area contributed by atoms with Gasteiger partial charge < -0.3 is 5.32 Å². The van der Waals surface area contributed by atoms with Gasteiger partial charge >= 0.3 is 0 Å². The van der Waals surface area contributed by atoms with Crippen molar-refractivity contribution in [3.8, 4) is 5.69 Å². The summed E-state index contributed by atoms with van der Waals surface area (Å²) < 4.78 is 1.54. The number of aromatic nitrogens is 3. The zero-order chi connectivity index (χ0) is 20.2. The Balaban J connectivity index is 1.75. The van der Waals surface area contributed by atoms with E-state index < -0.39 is 5.92 Å². The van der Waals surface area contributed by atoms with Crippen LogP contribution in [0.2, 0.25) is 0 Å². The number of benzene rings is 1. The zero-order valence-electron chi connectivity index (χ0n) is 16.4. The van der Waals surface area contributed by atoms with E-state index in [1.54, 1.807) is 17.1 Å². The van der Waals surface area contributed by atoms with E-state index in [4.69, 9.17) is 0 Å². The number of hydrogen-bond donors (Lipinski definition) is 2. The summed E-state index contributed by atoms with van der Waals surface area (Å²) in [4.78, 5) is 30.8. The Labute approximate surface area is 168 Å². The quantitative estimate of drug-likeness (QED) is 0.703. The summed E-state index contributed by atoms with van der Waals surface area (Å²) >= 11 is 0. The molecule has 0 amide bonds. The highest BCUT2D eigenvalue weighted by Gasteiger charge is 2.42. The maximum absolute atomic E-state index is 13.4. The van der Waals surface area contributed by atoms with E-state index >= 15 is 0 Å². The molecule has 0 bridgehead atoms. The van der Waals surface area contributed by atoms with E-state index in [0.717, 1.165) is 23.4 Å². The minimum atomic E-state index is -0.401. The van der Waals surface area contributed by atoms with Crippen molar-refractivity contribution in [2.45, 2.75) is 32.6 Å². The largest absolute Gasteiger partial charge is 0.343 e. The lowest BCUT2D eigenvalue weighted by Crippen LogP contribution is -2.35. The van der Waals surface area contributed by atoms with Gasteiger partial charge in [0.1, 0.15) is 5.82 Å². The summed E-state index contributed by atoms with van der Waals surface area (Å²) in [6, 6.07) is 13.2. The molecule has 1 aliphatic heterocycles. The molecule has 146 valence electrons. The van der Waals surface area contributed by atoms with Gasteiger partial charge in [-0.15, -0.1) is 0 Å². The molecule has 6 nitrogen and oxygen atoms in total. The SMILES string of the molecule is CC1(C)CC(=O)C2=C(C1)Nc1[nH]n(-c3ccccc3)c(=O)c1[C@@H]2c1ccncc1. The Kier molecular flexibility index (Phi) is 3.84. The second kappa shape index (κ2) is 6.30. The minimum absolute atomic E-state index is 0.100. The number of nitrogens with one attached hydrogen (secondary N) is 2. The summed E-state index contributed by atoms with van der Waals surface area (Å²) in [6.45, 7) is 4.20. The lowest BCUT2D eigenvalue weighted by atomic mass is 9.69. The fourth-order valence-corrected chi connectivity index (χ4v) is 4.54. The molecule has 2 aliphatic rings. The van der Waals surface area contributed by atoms with Gasteiger partial charge in [-0.1, -0.05) is 32.0 Å². The van der Waals surface area contributed by atoms with Crippen molar-refractivity contribution in [2.75, 3.05) is 5.32 Å². The van der Waals surface area contributed by atoms with Crippen LogP contribution >= 0.6 is 0 Å². The third kappa shape index (κ3) is 2.83. The predicted molar refractivity (Wildman–Crippen MR) is 111 cm³/mol. The summed E-state index contributed by atoms with van der Waals surface area (Å²) in [5.41, 5.74) is 3.58. The number of carbonyl (C=O) groups is 1. The van der Waals surface area contributed by atoms with Crippen LogP contribution < -0.4 is 10.9 Å². The topological polar surface area (TPSA) is 79.8 Å². The third-order valence-electron chi connectivity index (χ3n) is 5.75. The van der Waals surface area contributed by atoms with Gasteiger partial charge in [-0.05, 0) is 41.7 Å². The van der Waals surface area contributed by atoms with Crippen LogP contribution in [0.5, 0.6) is 0 Å². The average Bonchev–Trinajstić information content (AvgIpc) is 3.03. The maximum Gasteiger partial charge on any atom is 0.277 e. The van der Waals surface area contributed by atoms with Crippen molar-refractivity contribution in [1.82, 2.24) is 14.8 Å². The van der Waals surface area contributed by atoms with E-state index in [1.807, 2.05) is 42.5 Å². The van der Waals surface area contributed by atoms with Crippen LogP contribution in [0.15, 0.2) is 70.9 Å². The van der Waals surface area contributed by atoms with E-state index in [-0.39, 0.29) is 16.8 Å². The maximum atomic E-state index is 13.4. The number of H-pyrrole nitrogens is 1. The molecule has 29 heavy (non-hydrogen) atoms. The number of ketones is 1. The third-order valence-corrected chi connectivity index (χ3v) is 5.75. The standard InChI is InChI=1S/C23H22N4O2/c1-23(2)12-16-19(17(28)13-23)18(14-8-10-24-11-9-14)20-21(25-16)26-27(22(20)29)15-6-4-3-5-7-15/h3-11,18,25-26H,12-13H2,1-2H3/t18-/m1/s1. The van der Waals surface area contributed by atoms with Crippen molar-refractivity contribution in [1.29, 1.82) is 0 Å². The van der Waals surface area contributed by atoms with Gasteiger partial charge in [-0.25, -0.2) is 4.68 Å². The smallest absolute Gasteiger partial charge is 0.277 e. The zero-order valence-corrected chi connectivity index (χ0v) is 16.4. The molecule has 3 heterocycles. The number of nitrogens with zero attached hydrogens (tertiary/aromatic N) is 2. The van der Waals surface area contributed by atoms with Crippen LogP contribution in [0, 0.1) is 5.41 Å². The normalized spacial score (nSPS) is 20.1. The summed E-state index contributed by atoms with van der Waals surface area (Å²) in [7, 11) is 0. The van der Waals surface area contributed by atoms with Crippen LogP contribution in [0.4, 0.5) is 5.82 Å². The highest BCUT2D eigenvalue weighted by molar-refractivity contribution is 6.01. The van der Waals surface area contributed by atoms with Crippen LogP contribution in [-0.2, 0) is 4.79 Å². The first-order valence-corrected chi connectivity index (χ1v) is 9.78. The summed E-state index contributed by atoms with van der Waals surface area (Å²) in [6.07, 6.45) is 4.64. The summed E-state index contributed by atoms with van der Waals surface area (Å²) in [5.74, 6) is 0.356. The number of anilines is 1. The Bertz CT molecular complexity index is 1190. The molecule has 0 spiro atoms. The molecule has 0 fully saturated rings. The number of rotatable bonds is 2. The second-order valence-corrected chi connectivity index (χ2v) is 8.55. The fourth-order valence-electron chi connectivity index (χ4n) is 4.54. The number of carbonyl (C=O) groups excluding carboxylic acids is 1. The Morgan fingerprint density at radius 1 is 1.03 bits per heavy atom. The van der Waals surface area contributed by atoms with E-state index in [9.17, 15) is 9.59 Å². The number of aromatic amines is 1. The molecular formula is C23H22N4O2. The van der Waals surface area contributed by atoms with Crippen LogP contribution in [0.1, 0.15) is 43.7 Å². The van der Waals surface area contributed by atoms with Gasteiger partial charge in [0.25, 0.3) is 5.56 Å². The summed E-state index contributed by atoms with van der Waals surface area (Å²) in [5, 5.41) is 6.61. The van der Waals surface area contributed by atoms with Crippen LogP contribution in [0.25, 0.3) is 5.69 Å². The molecule has 1 aromatic carbocycles. The van der Waals surface area contributed by atoms with Gasteiger partial charge in [0.15, 0.2) is 5.78 Å². The monoisotopic (exact) mass is 386 g/mol. The minimum Gasteiger partial charge on any atom is -0.343 e. The lowest BCUT2D eigenvalue weighted by Gasteiger charge is -2.37. The molecule has 5 rings (SSSR count). The number of hydrogen-bond acceptors (Lipinski definition) is 4. The van der Waals surface area contributed by atoms with Gasteiger partial charge in [0.05, 0.1) is 11.3 Å². The average molecular weight is 386 g/mol. The highest BCUT2D eigenvalue weighted by Crippen LogP contribution is 2.47. The van der Waals surface area contributed by atoms with Crippen molar-refractivity contribution < 1.29 is 4.79 Å². The Morgan fingerprint density at radius 3 is 2.48 bits per heavy atom. The molecular weight excluding hydrogens is 364 g/mol. The van der Waals surface area contributed by atoms with E-state index in [0.29, 0.717) is 23.4 Å². The number of para-hydroxylation sites is 1. The first kappa shape index (κ1) is 17.7. The molecule has 2 aromatic heterocycles. The molecule has 0 radical (unpaired) electrons. The molecule has 1 atom stereocenters. The molecule has 3 aromatic rings. The molecule has 1 aliphatic carbocycles. The number of fused-ring (bicyclic) bond motifs is 1. The molecule has 6 heteroatoms. The van der Waals surface area contributed by atoms with E-state index in [2.05, 4.69) is 29.2 Å². The van der Waals surface area contributed by atoms with Gasteiger partial charge in [-0.3, -0.25) is 19.7 Å². The Morgan fingerprint density at radius 2 is 1.76 bits per heavy atom. The molecule has 0 saturated carbocycles. The number of pyridine rings is 1. The van der Waals surface area contributed by atoms with Crippen molar-refractivity contribution in [3.63, 3.8) is 0 Å². The van der Waals surface area contributed by atoms with Gasteiger partial charge in [0, 0.05) is 36.0 Å². The van der Waals surface area contributed by atoms with E-state index in [1.165, 1.54) is 0 Å². The fraction of sp³-hybridized carbons (Fsp3) is 0.261.